The number of fused-ring (bicyclic) bond motifs is 1. The first-order valence-electron chi connectivity index (χ1n) is 11.1. The van der Waals surface area contributed by atoms with Gasteiger partial charge in [-0.25, -0.2) is 13.4 Å². The standard InChI is InChI=1S/C23H25N5O3S2/c1-2-28-20-12-11-18(33(29,30)27-13-7-4-8-14-27)15-19(20)24-23(28)32-16-21-25-22(26-31-21)17-9-5-3-6-10-17/h3,5-6,9-12,15H,2,4,7-8,13-14,16H2,1H3. The largest absolute Gasteiger partial charge is 0.338 e. The van der Waals surface area contributed by atoms with E-state index in [1.54, 1.807) is 16.4 Å². The summed E-state index contributed by atoms with van der Waals surface area (Å²) in [4.78, 5) is 9.52. The van der Waals surface area contributed by atoms with Crippen molar-refractivity contribution in [3.05, 3.63) is 54.4 Å². The molecule has 0 aliphatic carbocycles. The molecule has 0 bridgehead atoms. The smallest absolute Gasteiger partial charge is 0.243 e. The molecule has 172 valence electrons. The number of rotatable bonds is 7. The summed E-state index contributed by atoms with van der Waals surface area (Å²) in [7, 11) is -3.50. The molecule has 33 heavy (non-hydrogen) atoms. The molecule has 1 fully saturated rings. The number of benzene rings is 2. The lowest BCUT2D eigenvalue weighted by Crippen LogP contribution is -2.35. The second-order valence-electron chi connectivity index (χ2n) is 7.92. The number of nitrogens with zero attached hydrogens (tertiary/aromatic N) is 5. The van der Waals surface area contributed by atoms with Gasteiger partial charge in [-0.15, -0.1) is 0 Å². The fourth-order valence-electron chi connectivity index (χ4n) is 4.06. The number of aryl methyl sites for hydroxylation is 1. The molecule has 2 aromatic heterocycles. The van der Waals surface area contributed by atoms with Gasteiger partial charge in [0, 0.05) is 25.2 Å². The van der Waals surface area contributed by atoms with Crippen LogP contribution in [0.25, 0.3) is 22.4 Å². The minimum atomic E-state index is -3.50. The van der Waals surface area contributed by atoms with Gasteiger partial charge in [0.15, 0.2) is 5.16 Å². The third-order valence-corrected chi connectivity index (χ3v) is 8.63. The van der Waals surface area contributed by atoms with Gasteiger partial charge in [0.25, 0.3) is 0 Å². The Kier molecular flexibility index (Phi) is 6.22. The fourth-order valence-corrected chi connectivity index (χ4v) is 6.52. The molecule has 0 atom stereocenters. The van der Waals surface area contributed by atoms with Crippen molar-refractivity contribution in [1.29, 1.82) is 0 Å². The average Bonchev–Trinajstić information content (AvgIpc) is 3.47. The van der Waals surface area contributed by atoms with Crippen LogP contribution in [0.3, 0.4) is 0 Å². The molecule has 4 aromatic rings. The van der Waals surface area contributed by atoms with E-state index in [0.29, 0.717) is 41.0 Å². The highest BCUT2D eigenvalue weighted by Gasteiger charge is 2.26. The van der Waals surface area contributed by atoms with Crippen LogP contribution >= 0.6 is 11.8 Å². The molecule has 1 aliphatic rings. The van der Waals surface area contributed by atoms with Crippen molar-refractivity contribution < 1.29 is 12.9 Å². The summed E-state index contributed by atoms with van der Waals surface area (Å²) < 4.78 is 35.2. The highest BCUT2D eigenvalue weighted by molar-refractivity contribution is 7.98. The van der Waals surface area contributed by atoms with E-state index in [1.165, 1.54) is 11.8 Å². The summed E-state index contributed by atoms with van der Waals surface area (Å²) in [5, 5.41) is 4.86. The minimum absolute atomic E-state index is 0.304. The van der Waals surface area contributed by atoms with E-state index in [1.807, 2.05) is 43.3 Å². The van der Waals surface area contributed by atoms with Crippen molar-refractivity contribution in [3.8, 4) is 11.4 Å². The van der Waals surface area contributed by atoms with Crippen molar-refractivity contribution in [1.82, 2.24) is 24.0 Å². The van der Waals surface area contributed by atoms with E-state index in [4.69, 9.17) is 9.51 Å². The summed E-state index contributed by atoms with van der Waals surface area (Å²) in [6.45, 7) is 3.93. The maximum Gasteiger partial charge on any atom is 0.243 e. The zero-order chi connectivity index (χ0) is 22.8. The first-order valence-corrected chi connectivity index (χ1v) is 13.5. The van der Waals surface area contributed by atoms with Gasteiger partial charge in [-0.2, -0.15) is 9.29 Å². The third-order valence-electron chi connectivity index (χ3n) is 5.78. The van der Waals surface area contributed by atoms with E-state index in [0.717, 1.165) is 42.0 Å². The van der Waals surface area contributed by atoms with Crippen LogP contribution in [0.15, 0.2) is 63.1 Å². The topological polar surface area (TPSA) is 94.1 Å². The maximum atomic E-state index is 13.1. The van der Waals surface area contributed by atoms with Gasteiger partial charge in [-0.1, -0.05) is 53.7 Å². The van der Waals surface area contributed by atoms with Crippen LogP contribution in [-0.4, -0.2) is 45.5 Å². The molecule has 3 heterocycles. The van der Waals surface area contributed by atoms with Gasteiger partial charge in [0.1, 0.15) is 0 Å². The average molecular weight is 484 g/mol. The second kappa shape index (κ2) is 9.28. The monoisotopic (exact) mass is 483 g/mol. The Morgan fingerprint density at radius 2 is 1.82 bits per heavy atom. The summed E-state index contributed by atoms with van der Waals surface area (Å²) in [6, 6.07) is 14.9. The molecule has 5 rings (SSSR count). The molecule has 1 aliphatic heterocycles. The Morgan fingerprint density at radius 1 is 1.03 bits per heavy atom. The number of imidazole rings is 1. The fraction of sp³-hybridized carbons (Fsp3) is 0.348. The molecule has 1 saturated heterocycles. The van der Waals surface area contributed by atoms with E-state index >= 15 is 0 Å². The number of piperidine rings is 1. The van der Waals surface area contributed by atoms with Gasteiger partial charge in [0.05, 0.1) is 21.7 Å². The number of thioether (sulfide) groups is 1. The van der Waals surface area contributed by atoms with E-state index in [9.17, 15) is 8.42 Å². The lowest BCUT2D eigenvalue weighted by Gasteiger charge is -2.25. The third kappa shape index (κ3) is 4.42. The lowest BCUT2D eigenvalue weighted by atomic mass is 10.2. The molecular weight excluding hydrogens is 458 g/mol. The van der Waals surface area contributed by atoms with Gasteiger partial charge in [-0.05, 0) is 38.0 Å². The minimum Gasteiger partial charge on any atom is -0.338 e. The Bertz CT molecular complexity index is 1360. The Labute approximate surface area is 197 Å². The number of sulfonamides is 1. The molecule has 10 heteroatoms. The molecule has 8 nitrogen and oxygen atoms in total. The molecule has 0 amide bonds. The van der Waals surface area contributed by atoms with Crippen LogP contribution in [0.5, 0.6) is 0 Å². The summed E-state index contributed by atoms with van der Waals surface area (Å²) in [5.74, 6) is 1.55. The summed E-state index contributed by atoms with van der Waals surface area (Å²) in [6.07, 6.45) is 2.90. The van der Waals surface area contributed by atoms with Crippen molar-refractivity contribution in [2.45, 2.75) is 48.5 Å². The lowest BCUT2D eigenvalue weighted by molar-refractivity contribution is 0.346. The summed E-state index contributed by atoms with van der Waals surface area (Å²) in [5.41, 5.74) is 2.49. The SMILES string of the molecule is CCn1c(SCc2nc(-c3ccccc3)no2)nc2cc(S(=O)(=O)N3CCCCC3)ccc21. The van der Waals surface area contributed by atoms with Crippen LogP contribution in [0.4, 0.5) is 0 Å². The molecule has 2 aromatic carbocycles. The Balaban J connectivity index is 1.38. The highest BCUT2D eigenvalue weighted by atomic mass is 32.2. The van der Waals surface area contributed by atoms with Crippen molar-refractivity contribution in [2.24, 2.45) is 0 Å². The predicted molar refractivity (Wildman–Crippen MR) is 127 cm³/mol. The summed E-state index contributed by atoms with van der Waals surface area (Å²) >= 11 is 1.50. The van der Waals surface area contributed by atoms with Crippen molar-refractivity contribution in [2.75, 3.05) is 13.1 Å². The molecule has 0 radical (unpaired) electrons. The van der Waals surface area contributed by atoms with Gasteiger partial charge in [0.2, 0.25) is 21.7 Å². The molecule has 0 N–H and O–H groups in total. The van der Waals surface area contributed by atoms with Crippen LogP contribution < -0.4 is 0 Å². The zero-order valence-electron chi connectivity index (χ0n) is 18.3. The first-order chi connectivity index (χ1) is 16.1. The number of hydrogen-bond acceptors (Lipinski definition) is 7. The van der Waals surface area contributed by atoms with Crippen molar-refractivity contribution in [3.63, 3.8) is 0 Å². The quantitative estimate of drug-likeness (QED) is 0.355. The second-order valence-corrected chi connectivity index (χ2v) is 10.8. The van der Waals surface area contributed by atoms with Crippen LogP contribution in [-0.2, 0) is 22.3 Å². The first kappa shape index (κ1) is 22.1. The van der Waals surface area contributed by atoms with Crippen LogP contribution in [0.2, 0.25) is 0 Å². The van der Waals surface area contributed by atoms with Gasteiger partial charge in [-0.3, -0.25) is 0 Å². The van der Waals surface area contributed by atoms with Crippen LogP contribution in [0.1, 0.15) is 32.1 Å². The zero-order valence-corrected chi connectivity index (χ0v) is 20.0. The van der Waals surface area contributed by atoms with Crippen LogP contribution in [0, 0.1) is 0 Å². The number of aromatic nitrogens is 4. The van der Waals surface area contributed by atoms with Crippen molar-refractivity contribution >= 4 is 32.8 Å². The molecular formula is C23H25N5O3S2. The van der Waals surface area contributed by atoms with E-state index < -0.39 is 10.0 Å². The number of hydrogen-bond donors (Lipinski definition) is 0. The van der Waals surface area contributed by atoms with E-state index in [-0.39, 0.29) is 0 Å². The normalized spacial score (nSPS) is 15.3. The maximum absolute atomic E-state index is 13.1. The predicted octanol–water partition coefficient (Wildman–Crippen LogP) is 4.57. The van der Waals surface area contributed by atoms with Gasteiger partial charge < -0.3 is 9.09 Å². The molecule has 0 spiro atoms. The molecule has 0 unspecified atom stereocenters. The van der Waals surface area contributed by atoms with E-state index in [2.05, 4.69) is 14.7 Å². The Hall–Kier alpha value is -2.69. The van der Waals surface area contributed by atoms with Gasteiger partial charge >= 0.3 is 0 Å². The molecule has 0 saturated carbocycles. The highest BCUT2D eigenvalue weighted by Crippen LogP contribution is 2.30. The Morgan fingerprint density at radius 3 is 2.58 bits per heavy atom.